The van der Waals surface area contributed by atoms with Gasteiger partial charge in [0.05, 0.1) is 12.4 Å². The van der Waals surface area contributed by atoms with E-state index in [0.717, 1.165) is 49.9 Å². The van der Waals surface area contributed by atoms with Crippen molar-refractivity contribution < 1.29 is 4.52 Å². The summed E-state index contributed by atoms with van der Waals surface area (Å²) < 4.78 is 5.23. The van der Waals surface area contributed by atoms with E-state index < -0.39 is 0 Å². The SMILES string of the molecule is Cc1cc(CCCN2Cc3cncnc3N(C)C2)on1. The molecule has 0 fully saturated rings. The summed E-state index contributed by atoms with van der Waals surface area (Å²) in [5.74, 6) is 2.01. The summed E-state index contributed by atoms with van der Waals surface area (Å²) in [6.45, 7) is 4.79. The molecule has 3 rings (SSSR count). The first-order valence-corrected chi connectivity index (χ1v) is 6.87. The number of fused-ring (bicyclic) bond motifs is 1. The van der Waals surface area contributed by atoms with Gasteiger partial charge in [-0.3, -0.25) is 4.90 Å². The van der Waals surface area contributed by atoms with E-state index >= 15 is 0 Å². The Balaban J connectivity index is 1.55. The highest BCUT2D eigenvalue weighted by atomic mass is 16.5. The monoisotopic (exact) mass is 273 g/mol. The summed E-state index contributed by atoms with van der Waals surface area (Å²) >= 11 is 0. The lowest BCUT2D eigenvalue weighted by Crippen LogP contribution is -2.41. The second-order valence-electron chi connectivity index (χ2n) is 5.30. The maximum absolute atomic E-state index is 5.23. The van der Waals surface area contributed by atoms with E-state index in [9.17, 15) is 0 Å². The van der Waals surface area contributed by atoms with Crippen LogP contribution in [0.5, 0.6) is 0 Å². The summed E-state index contributed by atoms with van der Waals surface area (Å²) in [6.07, 6.45) is 5.51. The zero-order chi connectivity index (χ0) is 13.9. The average Bonchev–Trinajstić information content (AvgIpc) is 2.85. The predicted octanol–water partition coefficient (Wildman–Crippen LogP) is 1.62. The first-order chi connectivity index (χ1) is 9.72. The van der Waals surface area contributed by atoms with Gasteiger partial charge in [-0.1, -0.05) is 5.16 Å². The van der Waals surface area contributed by atoms with Gasteiger partial charge in [-0.2, -0.15) is 0 Å². The minimum atomic E-state index is 0.902. The zero-order valence-electron chi connectivity index (χ0n) is 11.9. The summed E-state index contributed by atoms with van der Waals surface area (Å²) in [7, 11) is 2.07. The molecule has 0 spiro atoms. The molecule has 2 aromatic heterocycles. The number of aryl methyl sites for hydroxylation is 2. The van der Waals surface area contributed by atoms with Crippen LogP contribution in [0.2, 0.25) is 0 Å². The lowest BCUT2D eigenvalue weighted by Gasteiger charge is -2.34. The molecule has 0 N–H and O–H groups in total. The maximum Gasteiger partial charge on any atom is 0.137 e. The zero-order valence-corrected chi connectivity index (χ0v) is 11.9. The van der Waals surface area contributed by atoms with Crippen LogP contribution in [0.4, 0.5) is 5.82 Å². The van der Waals surface area contributed by atoms with Crippen molar-refractivity contribution >= 4 is 5.82 Å². The van der Waals surface area contributed by atoms with Crippen LogP contribution in [0.25, 0.3) is 0 Å². The summed E-state index contributed by atoms with van der Waals surface area (Å²) in [5, 5.41) is 3.91. The van der Waals surface area contributed by atoms with Crippen LogP contribution in [0.15, 0.2) is 23.1 Å². The molecule has 0 atom stereocenters. The van der Waals surface area contributed by atoms with Crippen LogP contribution >= 0.6 is 0 Å². The first-order valence-electron chi connectivity index (χ1n) is 6.87. The molecule has 0 saturated carbocycles. The van der Waals surface area contributed by atoms with E-state index in [0.29, 0.717) is 0 Å². The molecule has 0 aromatic carbocycles. The molecule has 0 amide bonds. The van der Waals surface area contributed by atoms with E-state index in [1.807, 2.05) is 19.2 Å². The van der Waals surface area contributed by atoms with Crippen molar-refractivity contribution in [2.75, 3.05) is 25.2 Å². The van der Waals surface area contributed by atoms with Gasteiger partial charge in [0.25, 0.3) is 0 Å². The van der Waals surface area contributed by atoms with E-state index in [-0.39, 0.29) is 0 Å². The van der Waals surface area contributed by atoms with Gasteiger partial charge in [0, 0.05) is 44.4 Å². The molecule has 0 radical (unpaired) electrons. The van der Waals surface area contributed by atoms with Crippen molar-refractivity contribution in [3.05, 3.63) is 35.6 Å². The normalized spacial score (nSPS) is 15.4. The van der Waals surface area contributed by atoms with Crippen molar-refractivity contribution in [2.45, 2.75) is 26.3 Å². The Morgan fingerprint density at radius 3 is 3.10 bits per heavy atom. The van der Waals surface area contributed by atoms with Crippen molar-refractivity contribution in [1.29, 1.82) is 0 Å². The fourth-order valence-electron chi connectivity index (χ4n) is 2.63. The molecule has 6 nitrogen and oxygen atoms in total. The third-order valence-corrected chi connectivity index (χ3v) is 3.51. The molecule has 1 aliphatic heterocycles. The third-order valence-electron chi connectivity index (χ3n) is 3.51. The Morgan fingerprint density at radius 2 is 2.30 bits per heavy atom. The molecular weight excluding hydrogens is 254 g/mol. The summed E-state index contributed by atoms with van der Waals surface area (Å²) in [6, 6.07) is 2.01. The molecule has 0 unspecified atom stereocenters. The van der Waals surface area contributed by atoms with Gasteiger partial charge in [-0.15, -0.1) is 0 Å². The molecule has 3 heterocycles. The number of hydrogen-bond donors (Lipinski definition) is 0. The highest BCUT2D eigenvalue weighted by molar-refractivity contribution is 5.46. The molecule has 0 saturated heterocycles. The molecule has 20 heavy (non-hydrogen) atoms. The number of aromatic nitrogens is 3. The molecule has 0 aliphatic carbocycles. The number of rotatable bonds is 4. The Labute approximate surface area is 118 Å². The highest BCUT2D eigenvalue weighted by Gasteiger charge is 2.20. The summed E-state index contributed by atoms with van der Waals surface area (Å²) in [4.78, 5) is 13.0. The first kappa shape index (κ1) is 13.1. The second-order valence-corrected chi connectivity index (χ2v) is 5.30. The van der Waals surface area contributed by atoms with Crippen LogP contribution in [-0.2, 0) is 13.0 Å². The molecule has 6 heteroatoms. The smallest absolute Gasteiger partial charge is 0.137 e. The quantitative estimate of drug-likeness (QED) is 0.843. The Bertz CT molecular complexity index is 582. The maximum atomic E-state index is 5.23. The number of anilines is 1. The van der Waals surface area contributed by atoms with E-state index in [1.54, 1.807) is 6.33 Å². The van der Waals surface area contributed by atoms with Crippen LogP contribution < -0.4 is 4.90 Å². The highest BCUT2D eigenvalue weighted by Crippen LogP contribution is 2.22. The number of nitrogens with zero attached hydrogens (tertiary/aromatic N) is 5. The fraction of sp³-hybridized carbons (Fsp3) is 0.500. The topological polar surface area (TPSA) is 58.3 Å². The summed E-state index contributed by atoms with van der Waals surface area (Å²) in [5.41, 5.74) is 2.14. The largest absolute Gasteiger partial charge is 0.361 e. The van der Waals surface area contributed by atoms with Crippen molar-refractivity contribution in [1.82, 2.24) is 20.0 Å². The van der Waals surface area contributed by atoms with Gasteiger partial charge < -0.3 is 9.42 Å². The molecule has 1 aliphatic rings. The Morgan fingerprint density at radius 1 is 1.40 bits per heavy atom. The van der Waals surface area contributed by atoms with Gasteiger partial charge in [0.2, 0.25) is 0 Å². The van der Waals surface area contributed by atoms with Gasteiger partial charge >= 0.3 is 0 Å². The van der Waals surface area contributed by atoms with Crippen molar-refractivity contribution in [3.8, 4) is 0 Å². The van der Waals surface area contributed by atoms with Gasteiger partial charge in [0.1, 0.15) is 17.9 Å². The molecule has 106 valence electrons. The standard InChI is InChI=1S/C14H19N5O/c1-11-6-13(20-17-11)4-3-5-19-8-12-7-15-9-16-14(12)18(2)10-19/h6-7,9H,3-5,8,10H2,1-2H3. The van der Waals surface area contributed by atoms with Crippen LogP contribution in [0.1, 0.15) is 23.4 Å². The van der Waals surface area contributed by atoms with E-state index in [1.165, 1.54) is 5.56 Å². The number of hydrogen-bond acceptors (Lipinski definition) is 6. The van der Waals surface area contributed by atoms with Gasteiger partial charge in [-0.25, -0.2) is 9.97 Å². The second kappa shape index (κ2) is 5.58. The van der Waals surface area contributed by atoms with E-state index in [4.69, 9.17) is 4.52 Å². The predicted molar refractivity (Wildman–Crippen MR) is 75.3 cm³/mol. The van der Waals surface area contributed by atoms with Gasteiger partial charge in [-0.05, 0) is 13.3 Å². The molecule has 0 bridgehead atoms. The third kappa shape index (κ3) is 2.80. The van der Waals surface area contributed by atoms with E-state index in [2.05, 4.69) is 32.0 Å². The van der Waals surface area contributed by atoms with Crippen LogP contribution in [-0.4, -0.2) is 40.3 Å². The molecule has 2 aromatic rings. The van der Waals surface area contributed by atoms with Crippen LogP contribution in [0.3, 0.4) is 0 Å². The lowest BCUT2D eigenvalue weighted by molar-refractivity contribution is 0.248. The molecular formula is C14H19N5O. The van der Waals surface area contributed by atoms with Gasteiger partial charge in [0.15, 0.2) is 0 Å². The fourth-order valence-corrected chi connectivity index (χ4v) is 2.63. The minimum absolute atomic E-state index is 0.902. The lowest BCUT2D eigenvalue weighted by atomic mass is 10.2. The van der Waals surface area contributed by atoms with Crippen LogP contribution in [0, 0.1) is 6.92 Å². The Kier molecular flexibility index (Phi) is 3.64. The Hall–Kier alpha value is -1.95. The van der Waals surface area contributed by atoms with Crippen molar-refractivity contribution in [3.63, 3.8) is 0 Å². The minimum Gasteiger partial charge on any atom is -0.361 e. The average molecular weight is 273 g/mol. The van der Waals surface area contributed by atoms with Crippen molar-refractivity contribution in [2.24, 2.45) is 0 Å².